The number of rotatable bonds is 16. The van der Waals surface area contributed by atoms with Gasteiger partial charge in [0.25, 0.3) is 0 Å². The molecule has 0 bridgehead atoms. The number of ether oxygens (including phenoxy) is 4. The number of nitrogens with zero attached hydrogens (tertiary/aromatic N) is 8. The Labute approximate surface area is 289 Å². The fraction of sp³-hybridized carbons (Fsp3) is 0.571. The van der Waals surface area contributed by atoms with Crippen molar-refractivity contribution in [1.82, 2.24) is 30.2 Å². The van der Waals surface area contributed by atoms with Crippen LogP contribution in [0.2, 0.25) is 0 Å². The Hall–Kier alpha value is -4.29. The van der Waals surface area contributed by atoms with Gasteiger partial charge in [-0.05, 0) is 57.2 Å². The maximum absolute atomic E-state index is 9.73. The van der Waals surface area contributed by atoms with E-state index in [1.165, 1.54) is 0 Å². The summed E-state index contributed by atoms with van der Waals surface area (Å²) in [5.41, 5.74) is 2.73. The molecule has 2 aliphatic heterocycles. The SMILES string of the molecule is CCOCCO/C(NC)=C(/C=NC1CCC(N2CCOCC2)CC1)Nc1ncc(-c2ccc(C#N)c(O[C@@H](C)CN3C=NCN3C)c2)cn1. The van der Waals surface area contributed by atoms with Gasteiger partial charge < -0.3 is 29.6 Å². The molecule has 3 heterocycles. The normalized spacial score (nSPS) is 21.3. The quantitative estimate of drug-likeness (QED) is 0.153. The maximum Gasteiger partial charge on any atom is 0.227 e. The van der Waals surface area contributed by atoms with E-state index in [1.807, 2.05) is 56.3 Å². The summed E-state index contributed by atoms with van der Waals surface area (Å²) in [6.07, 6.45) is 11.3. The highest BCUT2D eigenvalue weighted by Crippen LogP contribution is 2.29. The van der Waals surface area contributed by atoms with Gasteiger partial charge in [0.05, 0.1) is 44.2 Å². The molecule has 1 saturated heterocycles. The van der Waals surface area contributed by atoms with Crippen LogP contribution in [-0.2, 0) is 14.2 Å². The van der Waals surface area contributed by atoms with Gasteiger partial charge in [0.1, 0.15) is 43.2 Å². The summed E-state index contributed by atoms with van der Waals surface area (Å²) in [6, 6.07) is 8.58. The minimum atomic E-state index is -0.180. The number of nitriles is 1. The molecule has 1 aromatic heterocycles. The van der Waals surface area contributed by atoms with Crippen LogP contribution in [0.25, 0.3) is 11.1 Å². The number of aliphatic imine (C=N–C) groups is 2. The molecule has 3 aliphatic rings. The van der Waals surface area contributed by atoms with Crippen molar-refractivity contribution in [2.75, 3.05) is 78.7 Å². The third kappa shape index (κ3) is 10.4. The van der Waals surface area contributed by atoms with Crippen molar-refractivity contribution >= 4 is 18.5 Å². The van der Waals surface area contributed by atoms with E-state index in [9.17, 15) is 5.26 Å². The molecule has 2 N–H and O–H groups in total. The van der Waals surface area contributed by atoms with Crippen LogP contribution in [-0.4, -0.2) is 129 Å². The number of hydrogen-bond donors (Lipinski definition) is 2. The van der Waals surface area contributed by atoms with Crippen molar-refractivity contribution < 1.29 is 18.9 Å². The van der Waals surface area contributed by atoms with E-state index in [2.05, 4.69) is 36.6 Å². The zero-order chi connectivity index (χ0) is 34.4. The summed E-state index contributed by atoms with van der Waals surface area (Å²) in [6.45, 7) is 10.3. The van der Waals surface area contributed by atoms with Gasteiger partial charge in [-0.3, -0.25) is 19.9 Å². The molecule has 14 nitrogen and oxygen atoms in total. The summed E-state index contributed by atoms with van der Waals surface area (Å²) in [4.78, 5) is 21.0. The summed E-state index contributed by atoms with van der Waals surface area (Å²) < 4.78 is 23.3. The number of benzene rings is 1. The number of allylic oxidation sites excluding steroid dienone is 1. The first-order valence-electron chi connectivity index (χ1n) is 17.2. The number of aromatic nitrogens is 2. The molecule has 49 heavy (non-hydrogen) atoms. The van der Waals surface area contributed by atoms with E-state index >= 15 is 0 Å². The monoisotopic (exact) mass is 674 g/mol. The second kappa shape index (κ2) is 18.5. The average Bonchev–Trinajstić information content (AvgIpc) is 3.54. The van der Waals surface area contributed by atoms with Crippen molar-refractivity contribution in [3.63, 3.8) is 0 Å². The van der Waals surface area contributed by atoms with Gasteiger partial charge in [-0.2, -0.15) is 5.26 Å². The molecule has 5 rings (SSSR count). The molecular weight excluding hydrogens is 624 g/mol. The minimum Gasteiger partial charge on any atom is -0.487 e. The Bertz CT molecular complexity index is 1460. The van der Waals surface area contributed by atoms with E-state index in [-0.39, 0.29) is 12.1 Å². The fourth-order valence-electron chi connectivity index (χ4n) is 6.15. The van der Waals surface area contributed by atoms with Gasteiger partial charge in [-0.1, -0.05) is 6.07 Å². The number of morpholine rings is 1. The van der Waals surface area contributed by atoms with E-state index in [4.69, 9.17) is 23.9 Å². The lowest BCUT2D eigenvalue weighted by Crippen LogP contribution is -2.45. The van der Waals surface area contributed by atoms with Gasteiger partial charge in [-0.25, -0.2) is 15.0 Å². The third-order valence-electron chi connectivity index (χ3n) is 8.84. The number of hydrazine groups is 1. The zero-order valence-corrected chi connectivity index (χ0v) is 29.2. The van der Waals surface area contributed by atoms with Crippen LogP contribution in [0.15, 0.2) is 52.2 Å². The highest BCUT2D eigenvalue weighted by Gasteiger charge is 2.26. The number of nitrogens with one attached hydrogen (secondary N) is 2. The summed E-state index contributed by atoms with van der Waals surface area (Å²) in [5.74, 6) is 1.45. The molecule has 2 aromatic rings. The molecule has 0 unspecified atom stereocenters. The largest absolute Gasteiger partial charge is 0.487 e. The van der Waals surface area contributed by atoms with E-state index in [1.54, 1.807) is 24.8 Å². The average molecular weight is 675 g/mol. The van der Waals surface area contributed by atoms with Crippen molar-refractivity contribution in [3.8, 4) is 22.9 Å². The Balaban J connectivity index is 1.26. The molecular formula is C35H50N10O4. The summed E-state index contributed by atoms with van der Waals surface area (Å²) in [7, 11) is 3.78. The van der Waals surface area contributed by atoms with E-state index in [0.717, 1.165) is 63.1 Å². The van der Waals surface area contributed by atoms with Crippen LogP contribution >= 0.6 is 0 Å². The predicted molar refractivity (Wildman–Crippen MR) is 189 cm³/mol. The lowest BCUT2D eigenvalue weighted by atomic mass is 9.90. The van der Waals surface area contributed by atoms with Crippen molar-refractivity contribution in [1.29, 1.82) is 5.26 Å². The summed E-state index contributed by atoms with van der Waals surface area (Å²) in [5, 5.41) is 20.2. The molecule has 2 fully saturated rings. The third-order valence-corrected chi connectivity index (χ3v) is 8.84. The second-order valence-corrected chi connectivity index (χ2v) is 12.3. The Kier molecular flexibility index (Phi) is 13.6. The van der Waals surface area contributed by atoms with Gasteiger partial charge in [0.15, 0.2) is 0 Å². The van der Waals surface area contributed by atoms with Crippen LogP contribution in [0, 0.1) is 11.3 Å². The van der Waals surface area contributed by atoms with Crippen molar-refractivity contribution in [3.05, 3.63) is 47.7 Å². The minimum absolute atomic E-state index is 0.180. The highest BCUT2D eigenvalue weighted by molar-refractivity contribution is 5.83. The molecule has 1 saturated carbocycles. The van der Waals surface area contributed by atoms with Gasteiger partial charge in [-0.15, -0.1) is 0 Å². The molecule has 14 heteroatoms. The van der Waals surface area contributed by atoms with Crippen LogP contribution < -0.4 is 15.4 Å². The van der Waals surface area contributed by atoms with Gasteiger partial charge >= 0.3 is 0 Å². The Morgan fingerprint density at radius 3 is 2.59 bits per heavy atom. The number of hydrogen-bond acceptors (Lipinski definition) is 14. The lowest BCUT2D eigenvalue weighted by molar-refractivity contribution is 0.00755. The molecule has 0 spiro atoms. The van der Waals surface area contributed by atoms with E-state index < -0.39 is 0 Å². The highest BCUT2D eigenvalue weighted by atomic mass is 16.5. The molecule has 1 aromatic carbocycles. The van der Waals surface area contributed by atoms with Crippen LogP contribution in [0.3, 0.4) is 0 Å². The maximum atomic E-state index is 9.73. The zero-order valence-electron chi connectivity index (χ0n) is 29.2. The smallest absolute Gasteiger partial charge is 0.227 e. The standard InChI is InChI=1S/C35H50N10O4/c1-5-46-16-17-48-34(37-3)32(22-39-30-8-10-31(11-9-30)44-12-14-47-15-13-44)42-35-40-20-29(21-41-35)27-6-7-28(19-36)33(18-27)49-26(2)23-45-25-38-24-43(45)4/h6-7,18,20-22,25-26,30-31,37H,5,8-17,23-24H2,1-4H3,(H,40,41,42)/b34-32-,39-22?/t26-,30?,31?/m0/s1. The first kappa shape index (κ1) is 36.0. The first-order valence-corrected chi connectivity index (χ1v) is 17.2. The fourth-order valence-corrected chi connectivity index (χ4v) is 6.15. The lowest BCUT2D eigenvalue weighted by Gasteiger charge is -2.38. The number of anilines is 1. The van der Waals surface area contributed by atoms with Crippen molar-refractivity contribution in [2.45, 2.75) is 57.7 Å². The molecule has 264 valence electrons. The van der Waals surface area contributed by atoms with E-state index in [0.29, 0.717) is 67.9 Å². The molecule has 0 radical (unpaired) electrons. The Morgan fingerprint density at radius 2 is 1.92 bits per heavy atom. The second-order valence-electron chi connectivity index (χ2n) is 12.3. The van der Waals surface area contributed by atoms with Crippen molar-refractivity contribution in [2.24, 2.45) is 9.98 Å². The Morgan fingerprint density at radius 1 is 1.14 bits per heavy atom. The molecule has 1 aliphatic carbocycles. The van der Waals surface area contributed by atoms with Crippen LogP contribution in [0.1, 0.15) is 45.1 Å². The van der Waals surface area contributed by atoms with Gasteiger partial charge in [0, 0.05) is 57.8 Å². The summed E-state index contributed by atoms with van der Waals surface area (Å²) >= 11 is 0. The predicted octanol–water partition coefficient (Wildman–Crippen LogP) is 3.50. The topological polar surface area (TPSA) is 145 Å². The van der Waals surface area contributed by atoms with Crippen LogP contribution in [0.5, 0.6) is 5.75 Å². The molecule has 1 atom stereocenters. The van der Waals surface area contributed by atoms with Gasteiger partial charge in [0.2, 0.25) is 11.8 Å². The molecule has 0 amide bonds. The first-order chi connectivity index (χ1) is 24.0. The van der Waals surface area contributed by atoms with Crippen LogP contribution in [0.4, 0.5) is 5.95 Å².